The lowest BCUT2D eigenvalue weighted by atomic mass is 10.1. The van der Waals surface area contributed by atoms with Gasteiger partial charge in [-0.05, 0) is 50.1 Å². The summed E-state index contributed by atoms with van der Waals surface area (Å²) in [6.45, 7) is 7.41. The second-order valence-corrected chi connectivity index (χ2v) is 13.0. The number of ether oxygens (including phenoxy) is 4. The third-order valence-electron chi connectivity index (χ3n) is 8.28. The van der Waals surface area contributed by atoms with E-state index in [9.17, 15) is 10.0 Å². The van der Waals surface area contributed by atoms with E-state index in [-0.39, 0.29) is 41.3 Å². The fourth-order valence-electron chi connectivity index (χ4n) is 5.69. The molecule has 10 heteroatoms. The maximum absolute atomic E-state index is 13.9. The number of para-hydroxylation sites is 1. The van der Waals surface area contributed by atoms with Crippen LogP contribution in [-0.2, 0) is 25.0 Å². The van der Waals surface area contributed by atoms with Crippen molar-refractivity contribution in [3.63, 3.8) is 0 Å². The fraction of sp³-hybridized carbons (Fsp3) is 0.351. The average molecular weight is 639 g/mol. The van der Waals surface area contributed by atoms with Gasteiger partial charge in [0, 0.05) is 26.0 Å². The summed E-state index contributed by atoms with van der Waals surface area (Å²) in [6, 6.07) is 28.8. The summed E-state index contributed by atoms with van der Waals surface area (Å²) >= 11 is 0. The molecule has 0 bridgehead atoms. The summed E-state index contributed by atoms with van der Waals surface area (Å²) in [4.78, 5) is 18.6. The molecule has 0 N–H and O–H groups in total. The van der Waals surface area contributed by atoms with Gasteiger partial charge in [-0.1, -0.05) is 66.7 Å². The number of piperidine rings is 1. The molecular weight excluding hydrogens is 596 g/mol. The number of hydrogen-bond acceptors (Lipinski definition) is 7. The minimum atomic E-state index is -0.389. The number of aryl methyl sites for hydroxylation is 1. The lowest BCUT2D eigenvalue weighted by molar-refractivity contribution is -0.907. The third-order valence-corrected chi connectivity index (χ3v) is 8.28. The van der Waals surface area contributed by atoms with Crippen LogP contribution in [0, 0.1) is 5.21 Å². The van der Waals surface area contributed by atoms with E-state index in [0.717, 1.165) is 11.1 Å². The number of aromatic nitrogens is 3. The lowest BCUT2D eigenvalue weighted by Gasteiger charge is -2.47. The summed E-state index contributed by atoms with van der Waals surface area (Å²) < 4.78 is 27.4. The SMILES string of the molecule is Cn1c(=O)n(-c2ccc(OCc3ccccc3)nc2OCc2ccccc2)c2cccc(OC3CC[N+]([O-])(COC(C)(C)C)CC3)c21. The molecule has 1 aliphatic heterocycles. The Morgan fingerprint density at radius 3 is 2.13 bits per heavy atom. The summed E-state index contributed by atoms with van der Waals surface area (Å²) in [5.41, 5.74) is 3.15. The molecule has 3 aromatic carbocycles. The van der Waals surface area contributed by atoms with E-state index in [2.05, 4.69) is 0 Å². The first-order valence-corrected chi connectivity index (χ1v) is 16.0. The first kappa shape index (κ1) is 32.3. The van der Waals surface area contributed by atoms with E-state index in [1.54, 1.807) is 28.3 Å². The van der Waals surface area contributed by atoms with Gasteiger partial charge in [0.05, 0.1) is 24.2 Å². The van der Waals surface area contributed by atoms with Crippen molar-refractivity contribution in [3.05, 3.63) is 118 Å². The second kappa shape index (κ2) is 13.6. The van der Waals surface area contributed by atoms with E-state index in [1.165, 1.54) is 0 Å². The Morgan fingerprint density at radius 1 is 0.851 bits per heavy atom. The summed E-state index contributed by atoms with van der Waals surface area (Å²) in [7, 11) is 1.73. The third kappa shape index (κ3) is 7.68. The average Bonchev–Trinajstić information content (AvgIpc) is 3.33. The quantitative estimate of drug-likeness (QED) is 0.120. The van der Waals surface area contributed by atoms with Crippen molar-refractivity contribution < 1.29 is 23.6 Å². The molecule has 0 aliphatic carbocycles. The Kier molecular flexibility index (Phi) is 9.35. The number of pyridine rings is 1. The number of hydrogen-bond donors (Lipinski definition) is 0. The molecule has 3 heterocycles. The van der Waals surface area contributed by atoms with Crippen LogP contribution in [-0.4, -0.2) is 50.3 Å². The molecule has 0 radical (unpaired) electrons. The number of nitrogens with zero attached hydrogens (tertiary/aromatic N) is 4. The number of benzene rings is 3. The standard InChI is InChI=1S/C37H42N4O6/c1-37(2,3)46-26-41(43)22-20-29(21-23-41)47-32-17-11-16-30-34(32)39(4)36(42)40(30)31-18-19-33(44-24-27-12-7-5-8-13-27)38-35(31)45-25-28-14-9-6-10-15-28/h5-19,29H,20-26H2,1-4H3. The van der Waals surface area contributed by atoms with Crippen LogP contribution in [0.5, 0.6) is 17.5 Å². The summed E-state index contributed by atoms with van der Waals surface area (Å²) in [5.74, 6) is 1.25. The van der Waals surface area contributed by atoms with Gasteiger partial charge in [0.1, 0.15) is 36.3 Å². The molecule has 1 aliphatic rings. The maximum Gasteiger partial charge on any atom is 0.333 e. The summed E-state index contributed by atoms with van der Waals surface area (Å²) in [5, 5.41) is 13.2. The minimum absolute atomic E-state index is 0.127. The number of fused-ring (bicyclic) bond motifs is 1. The van der Waals surface area contributed by atoms with E-state index in [1.807, 2.05) is 99.6 Å². The van der Waals surface area contributed by atoms with Crippen LogP contribution in [0.15, 0.2) is 95.8 Å². The lowest BCUT2D eigenvalue weighted by Crippen LogP contribution is -2.52. The van der Waals surface area contributed by atoms with Gasteiger partial charge in [0.2, 0.25) is 11.8 Å². The van der Waals surface area contributed by atoms with E-state index in [4.69, 9.17) is 23.9 Å². The molecule has 2 aromatic heterocycles. The maximum atomic E-state index is 13.9. The second-order valence-electron chi connectivity index (χ2n) is 13.0. The van der Waals surface area contributed by atoms with Crippen molar-refractivity contribution in [3.8, 4) is 23.2 Å². The molecule has 1 saturated heterocycles. The molecule has 246 valence electrons. The van der Waals surface area contributed by atoms with Crippen LogP contribution in [0.1, 0.15) is 44.7 Å². The largest absolute Gasteiger partial charge is 0.631 e. The zero-order valence-corrected chi connectivity index (χ0v) is 27.4. The highest BCUT2D eigenvalue weighted by atomic mass is 16.6. The van der Waals surface area contributed by atoms with Crippen LogP contribution >= 0.6 is 0 Å². The molecule has 0 unspecified atom stereocenters. The number of likely N-dealkylation sites (tertiary alicyclic amines) is 1. The molecule has 6 rings (SSSR count). The van der Waals surface area contributed by atoms with Gasteiger partial charge in [-0.3, -0.25) is 9.13 Å². The van der Waals surface area contributed by atoms with Crippen molar-refractivity contribution in [2.45, 2.75) is 58.5 Å². The predicted octanol–water partition coefficient (Wildman–Crippen LogP) is 6.51. The Morgan fingerprint density at radius 2 is 1.49 bits per heavy atom. The topological polar surface area (TPSA) is 99.8 Å². The Bertz CT molecular complexity index is 1860. The molecule has 0 spiro atoms. The van der Waals surface area contributed by atoms with Gasteiger partial charge in [-0.25, -0.2) is 4.79 Å². The Labute approximate surface area is 274 Å². The van der Waals surface area contributed by atoms with Gasteiger partial charge in [0.25, 0.3) is 0 Å². The molecule has 1 fully saturated rings. The molecule has 47 heavy (non-hydrogen) atoms. The zero-order valence-electron chi connectivity index (χ0n) is 27.4. The molecule has 0 amide bonds. The number of imidazole rings is 1. The van der Waals surface area contributed by atoms with E-state index in [0.29, 0.717) is 60.9 Å². The number of rotatable bonds is 11. The monoisotopic (exact) mass is 638 g/mol. The van der Waals surface area contributed by atoms with Crippen molar-refractivity contribution in [2.24, 2.45) is 7.05 Å². The van der Waals surface area contributed by atoms with Crippen LogP contribution in [0.25, 0.3) is 16.7 Å². The van der Waals surface area contributed by atoms with Gasteiger partial charge in [-0.2, -0.15) is 4.98 Å². The fourth-order valence-corrected chi connectivity index (χ4v) is 5.69. The number of hydroxylamine groups is 3. The highest BCUT2D eigenvalue weighted by Gasteiger charge is 2.31. The van der Waals surface area contributed by atoms with E-state index >= 15 is 0 Å². The predicted molar refractivity (Wildman–Crippen MR) is 181 cm³/mol. The van der Waals surface area contributed by atoms with Crippen molar-refractivity contribution in [1.29, 1.82) is 0 Å². The van der Waals surface area contributed by atoms with Gasteiger partial charge in [-0.15, -0.1) is 0 Å². The molecular formula is C37H42N4O6. The van der Waals surface area contributed by atoms with Crippen LogP contribution in [0.3, 0.4) is 0 Å². The smallest absolute Gasteiger partial charge is 0.333 e. The molecule has 5 aromatic rings. The van der Waals surface area contributed by atoms with Crippen LogP contribution in [0.2, 0.25) is 0 Å². The Balaban J connectivity index is 1.28. The van der Waals surface area contributed by atoms with Gasteiger partial charge >= 0.3 is 5.69 Å². The first-order chi connectivity index (χ1) is 22.6. The first-order valence-electron chi connectivity index (χ1n) is 16.0. The van der Waals surface area contributed by atoms with Gasteiger partial charge in [0.15, 0.2) is 6.73 Å². The molecule has 0 atom stereocenters. The van der Waals surface area contributed by atoms with E-state index < -0.39 is 0 Å². The van der Waals surface area contributed by atoms with Gasteiger partial charge < -0.3 is 28.8 Å². The summed E-state index contributed by atoms with van der Waals surface area (Å²) in [6.07, 6.45) is 1.03. The zero-order chi connectivity index (χ0) is 33.0. The van der Waals surface area contributed by atoms with Crippen molar-refractivity contribution in [2.75, 3.05) is 19.8 Å². The van der Waals surface area contributed by atoms with Crippen molar-refractivity contribution in [1.82, 2.24) is 14.1 Å². The van der Waals surface area contributed by atoms with Crippen molar-refractivity contribution >= 4 is 11.0 Å². The normalized spacial score (nSPS) is 18.3. The minimum Gasteiger partial charge on any atom is -0.631 e. The van der Waals surface area contributed by atoms with Crippen LogP contribution in [0.4, 0.5) is 0 Å². The van der Waals surface area contributed by atoms with Crippen LogP contribution < -0.4 is 19.9 Å². The molecule has 0 saturated carbocycles. The Hall–Kier alpha value is -4.64. The highest BCUT2D eigenvalue weighted by Crippen LogP contribution is 2.33. The molecule has 10 nitrogen and oxygen atoms in total. The number of quaternary nitrogens is 1. The highest BCUT2D eigenvalue weighted by molar-refractivity contribution is 5.84.